The molecule has 0 bridgehead atoms. The molecular weight excluding hydrogens is 798 g/mol. The van der Waals surface area contributed by atoms with Gasteiger partial charge in [0.25, 0.3) is 0 Å². The molecule has 0 heterocycles. The van der Waals surface area contributed by atoms with Gasteiger partial charge in [-0.1, -0.05) is 0 Å². The second kappa shape index (κ2) is 30.9. The van der Waals surface area contributed by atoms with E-state index in [1.165, 1.54) is 0 Å². The summed E-state index contributed by atoms with van der Waals surface area (Å²) in [7, 11) is 18.1. The summed E-state index contributed by atoms with van der Waals surface area (Å²) in [6.07, 6.45) is 4.21. The summed E-state index contributed by atoms with van der Waals surface area (Å²) in [6, 6.07) is -1.51. The molecule has 0 saturated heterocycles. The van der Waals surface area contributed by atoms with Gasteiger partial charge in [0.2, 0.25) is 11.8 Å². The van der Waals surface area contributed by atoms with Gasteiger partial charge in [0.1, 0.15) is 0 Å². The molecular formula is C39H77N11O7PS-. The fraction of sp³-hybridized carbons (Fsp3) is 0.821. The molecule has 0 rings (SSSR count). The van der Waals surface area contributed by atoms with Crippen molar-refractivity contribution in [1.29, 1.82) is 0 Å². The minimum atomic E-state index is -0.906. The average Bonchev–Trinajstić information content (AvgIpc) is 3.10. The molecule has 20 heteroatoms. The first-order valence-electron chi connectivity index (χ1n) is 20.5. The van der Waals surface area contributed by atoms with E-state index in [1.54, 1.807) is 52.7 Å². The molecule has 6 N–H and O–H groups in total. The van der Waals surface area contributed by atoms with Crippen molar-refractivity contribution in [3.05, 3.63) is 0 Å². The summed E-state index contributed by atoms with van der Waals surface area (Å²) in [5, 5.41) is 17.1. The third kappa shape index (κ3) is 28.9. The zero-order valence-corrected chi connectivity index (χ0v) is 39.5. The van der Waals surface area contributed by atoms with Crippen molar-refractivity contribution < 1.29 is 33.6 Å². The predicted molar refractivity (Wildman–Crippen MR) is 238 cm³/mol. The number of hydrogen-bond acceptors (Lipinski definition) is 12. The Labute approximate surface area is 358 Å². The quantitative estimate of drug-likeness (QED) is 0.0321. The molecule has 0 aromatic rings. The number of rotatable bonds is 30. The van der Waals surface area contributed by atoms with Gasteiger partial charge >= 0.3 is 225 Å². The van der Waals surface area contributed by atoms with Gasteiger partial charge < -0.3 is 30.2 Å². The van der Waals surface area contributed by atoms with Gasteiger partial charge in [0.05, 0.1) is 13.1 Å². The Balaban J connectivity index is 5.41. The molecule has 2 atom stereocenters. The van der Waals surface area contributed by atoms with E-state index in [-0.39, 0.29) is 84.7 Å². The van der Waals surface area contributed by atoms with Crippen molar-refractivity contribution in [2.45, 2.75) is 89.0 Å². The maximum atomic E-state index is 13.6. The van der Waals surface area contributed by atoms with Gasteiger partial charge in [-0.15, -0.1) is 0 Å². The molecule has 2 unspecified atom stereocenters. The van der Waals surface area contributed by atoms with E-state index in [0.29, 0.717) is 77.5 Å². The van der Waals surface area contributed by atoms with Gasteiger partial charge in [-0.3, -0.25) is 9.59 Å². The number of unbranched alkanes of at least 4 members (excludes halogenated alkanes) is 2. The van der Waals surface area contributed by atoms with Crippen molar-refractivity contribution in [2.75, 3.05) is 122 Å². The van der Waals surface area contributed by atoms with Gasteiger partial charge in [0, 0.05) is 13.1 Å². The molecule has 0 aliphatic carbocycles. The zero-order valence-electron chi connectivity index (χ0n) is 37.8. The fourth-order valence-corrected chi connectivity index (χ4v) is 6.87. The summed E-state index contributed by atoms with van der Waals surface area (Å²) in [5.41, 5.74) is 0. The number of likely N-dealkylation sites (N-methyl/N-ethyl adjacent to an activating group) is 4. The van der Waals surface area contributed by atoms with E-state index in [2.05, 4.69) is 39.7 Å². The number of amides is 7. The van der Waals surface area contributed by atoms with Crippen molar-refractivity contribution in [1.82, 2.24) is 56.4 Å². The summed E-state index contributed by atoms with van der Waals surface area (Å²) in [5.74, 6) is -1.34. The van der Waals surface area contributed by atoms with Gasteiger partial charge in [-0.2, -0.15) is 0 Å². The van der Waals surface area contributed by atoms with Crippen LogP contribution < -0.4 is 31.9 Å². The van der Waals surface area contributed by atoms with Crippen LogP contribution in [0.25, 0.3) is 0 Å². The molecule has 0 fully saturated rings. The van der Waals surface area contributed by atoms with E-state index >= 15 is 0 Å². The second-order valence-electron chi connectivity index (χ2n) is 16.8. The predicted octanol–water partition coefficient (Wildman–Crippen LogP) is -0.0477. The molecule has 0 aromatic carbocycles. The van der Waals surface area contributed by atoms with E-state index in [1.807, 2.05) is 49.0 Å². The topological polar surface area (TPSA) is 208 Å². The monoisotopic (exact) mass is 875 g/mol. The molecule has 0 aliphatic rings. The number of nitrogens with zero attached hydrogens (tertiary/aromatic N) is 5. The van der Waals surface area contributed by atoms with Gasteiger partial charge in [-0.25, -0.2) is 0 Å². The van der Waals surface area contributed by atoms with Crippen molar-refractivity contribution in [3.63, 3.8) is 0 Å². The van der Waals surface area contributed by atoms with Crippen LogP contribution in [0, 0.1) is 0 Å². The van der Waals surface area contributed by atoms with Crippen LogP contribution in [0.1, 0.15) is 72.1 Å². The van der Waals surface area contributed by atoms with Crippen LogP contribution in [-0.2, 0) is 38.6 Å². The Morgan fingerprint density at radius 3 is 1.14 bits per heavy atom. The molecule has 0 spiro atoms. The van der Waals surface area contributed by atoms with Crippen LogP contribution in [0.15, 0.2) is 0 Å². The molecule has 0 aliphatic heterocycles. The Morgan fingerprint density at radius 1 is 0.492 bits per heavy atom. The van der Waals surface area contributed by atoms with Crippen LogP contribution in [0.2, 0.25) is 0 Å². The molecule has 0 aromatic heterocycles. The summed E-state index contributed by atoms with van der Waals surface area (Å²) >= 11 is 0. The number of nitrogens with one attached hydrogen (secondary N) is 6. The van der Waals surface area contributed by atoms with E-state index in [9.17, 15) is 33.6 Å². The Bertz CT molecular complexity index is 1320. The summed E-state index contributed by atoms with van der Waals surface area (Å²) < 4.78 is -0.388. The van der Waals surface area contributed by atoms with Crippen molar-refractivity contribution >= 4 is 58.4 Å². The Morgan fingerprint density at radius 2 is 0.814 bits per heavy atom. The first-order chi connectivity index (χ1) is 27.5. The molecule has 18 nitrogen and oxygen atoms in total. The number of carbonyl (C=O) groups excluding carboxylic acids is 7. The SMILES string of the molecule is CN(C)CC(=O)NCCCCC(NC(=O)CN(C)C)C(=O)NCCCN(CCCNC(=O)C(CCCCNC(=O)CN(C)C)NC(=O)CN(C)C)C(=O)[S-](#P)C(C)(C)C. The molecule has 0 radical (unpaired) electrons. The number of hydrogen-bond donors (Lipinski definition) is 6. The van der Waals surface area contributed by atoms with Crippen molar-refractivity contribution in [2.24, 2.45) is 0 Å². The maximum absolute atomic E-state index is 13.6. The summed E-state index contributed by atoms with van der Waals surface area (Å²) in [4.78, 5) is 98.0. The summed E-state index contributed by atoms with van der Waals surface area (Å²) in [6.45, 7) is 8.84. The van der Waals surface area contributed by atoms with Crippen LogP contribution in [-0.4, -0.2) is 204 Å². The van der Waals surface area contributed by atoms with Crippen LogP contribution >= 0.6 is 7.81 Å². The molecule has 0 saturated carbocycles. The second-order valence-corrected chi connectivity index (χ2v) is 20.1. The van der Waals surface area contributed by atoms with E-state index < -0.39 is 22.0 Å². The molecule has 342 valence electrons. The molecule has 59 heavy (non-hydrogen) atoms. The Kier molecular flexibility index (Phi) is 29.2. The number of carbonyl (C=O) groups is 7. The average molecular weight is 875 g/mol. The first-order valence-corrected chi connectivity index (χ1v) is 22.8. The normalized spacial score (nSPS) is 12.7. The van der Waals surface area contributed by atoms with Crippen LogP contribution in [0.5, 0.6) is 0 Å². The first kappa shape index (κ1) is 55.9. The standard InChI is InChI=1S/C39H77N11O7PS/c1-39(2,3)59(58)38(57)50(24-16-22-42-36(55)30(44-34(53)28-48(8)9)18-12-14-20-40-32(51)26-46(4)5)25-17-23-43-37(56)31(45-35(54)29-49(10)11)19-13-15-21-41-33(52)27-47(6)7/h30-31H,12-29H2,1-11H3,(H,40,51)(H,41,52)(H,42,55)(H,43,56)(H,44,53)(H,45,54)/q-1. The van der Waals surface area contributed by atoms with E-state index in [4.69, 9.17) is 0 Å². The Hall–Kier alpha value is -3.09. The van der Waals surface area contributed by atoms with Crippen LogP contribution in [0.4, 0.5) is 4.79 Å². The third-order valence-electron chi connectivity index (χ3n) is 8.44. The molecule has 7 amide bonds. The van der Waals surface area contributed by atoms with E-state index in [0.717, 1.165) is 0 Å². The fourth-order valence-electron chi connectivity index (χ4n) is 5.57. The van der Waals surface area contributed by atoms with Gasteiger partial charge in [0.15, 0.2) is 0 Å². The zero-order chi connectivity index (χ0) is 45.1. The third-order valence-corrected chi connectivity index (χ3v) is 12.3. The van der Waals surface area contributed by atoms with Crippen molar-refractivity contribution in [3.8, 4) is 0 Å². The van der Waals surface area contributed by atoms with Gasteiger partial charge in [-0.05, 0) is 56.4 Å². The van der Waals surface area contributed by atoms with Crippen LogP contribution in [0.3, 0.4) is 0 Å². The minimum absolute atomic E-state index is 0.0786.